The van der Waals surface area contributed by atoms with Crippen LogP contribution >= 0.6 is 0 Å². The van der Waals surface area contributed by atoms with Crippen LogP contribution in [0.2, 0.25) is 0 Å². The number of hydrogen-bond donors (Lipinski definition) is 3. The SMILES string of the molecule is C=CCCCCC[C@H](NC(=O)CC(C)(C)C)C(=O)N1C[C@@H](O)C[C@H]1C(=O)N[C@]1(C(=O)OC)C[C@H]1C=C. The fourth-order valence-corrected chi connectivity index (χ4v) is 4.79. The largest absolute Gasteiger partial charge is 0.467 e. The first-order valence-corrected chi connectivity index (χ1v) is 12.8. The zero-order valence-corrected chi connectivity index (χ0v) is 22.2. The van der Waals surface area contributed by atoms with Gasteiger partial charge in [0.15, 0.2) is 0 Å². The number of nitrogens with one attached hydrogen (secondary N) is 2. The second-order valence-corrected chi connectivity index (χ2v) is 11.2. The van der Waals surface area contributed by atoms with Gasteiger partial charge in [0.05, 0.1) is 13.2 Å². The summed E-state index contributed by atoms with van der Waals surface area (Å²) in [6.07, 6.45) is 7.08. The van der Waals surface area contributed by atoms with Gasteiger partial charge < -0.3 is 25.4 Å². The van der Waals surface area contributed by atoms with Crippen molar-refractivity contribution in [3.8, 4) is 0 Å². The van der Waals surface area contributed by atoms with Crippen LogP contribution in [0.25, 0.3) is 0 Å². The molecule has 0 unspecified atom stereocenters. The van der Waals surface area contributed by atoms with Crippen molar-refractivity contribution >= 4 is 23.7 Å². The molecule has 1 saturated heterocycles. The van der Waals surface area contributed by atoms with Crippen molar-refractivity contribution in [2.45, 2.75) is 95.9 Å². The van der Waals surface area contributed by atoms with Gasteiger partial charge in [0.25, 0.3) is 0 Å². The van der Waals surface area contributed by atoms with Crippen molar-refractivity contribution in [2.24, 2.45) is 11.3 Å². The number of methoxy groups -OCH3 is 1. The van der Waals surface area contributed by atoms with E-state index < -0.39 is 41.5 Å². The minimum absolute atomic E-state index is 0.0187. The number of allylic oxidation sites excluding steroid dienone is 1. The minimum Gasteiger partial charge on any atom is -0.467 e. The Hall–Kier alpha value is -2.68. The molecule has 2 aliphatic rings. The van der Waals surface area contributed by atoms with E-state index in [9.17, 15) is 24.3 Å². The summed E-state index contributed by atoms with van der Waals surface area (Å²) in [5, 5.41) is 16.0. The Morgan fingerprint density at radius 2 is 1.89 bits per heavy atom. The fraction of sp³-hybridized carbons (Fsp3) is 0.704. The Morgan fingerprint density at radius 3 is 2.44 bits per heavy atom. The monoisotopic (exact) mass is 505 g/mol. The van der Waals surface area contributed by atoms with Gasteiger partial charge in [-0.3, -0.25) is 14.4 Å². The van der Waals surface area contributed by atoms with E-state index in [2.05, 4.69) is 23.8 Å². The average Bonchev–Trinajstić information content (AvgIpc) is 3.37. The van der Waals surface area contributed by atoms with Gasteiger partial charge >= 0.3 is 5.97 Å². The lowest BCUT2D eigenvalue weighted by Gasteiger charge is -2.30. The number of β-amino-alcohol motifs (C(OH)–C–C–N with tert-alkyl or cyclic N) is 1. The summed E-state index contributed by atoms with van der Waals surface area (Å²) < 4.78 is 4.88. The molecule has 2 rings (SSSR count). The second kappa shape index (κ2) is 12.5. The van der Waals surface area contributed by atoms with Crippen molar-refractivity contribution in [3.63, 3.8) is 0 Å². The third-order valence-electron chi connectivity index (χ3n) is 6.79. The molecule has 3 N–H and O–H groups in total. The number of carbonyl (C=O) groups excluding carboxylic acids is 4. The number of amides is 3. The lowest BCUT2D eigenvalue weighted by molar-refractivity contribution is -0.148. The maximum Gasteiger partial charge on any atom is 0.332 e. The van der Waals surface area contributed by atoms with Crippen molar-refractivity contribution in [3.05, 3.63) is 25.3 Å². The summed E-state index contributed by atoms with van der Waals surface area (Å²) in [5.41, 5.74) is -1.44. The fourth-order valence-electron chi connectivity index (χ4n) is 4.79. The number of aliphatic hydroxyl groups excluding tert-OH is 1. The molecule has 1 heterocycles. The van der Waals surface area contributed by atoms with Crippen LogP contribution in [0, 0.1) is 11.3 Å². The smallest absolute Gasteiger partial charge is 0.332 e. The lowest BCUT2D eigenvalue weighted by atomic mass is 9.91. The van der Waals surface area contributed by atoms with Gasteiger partial charge in [-0.25, -0.2) is 4.79 Å². The summed E-state index contributed by atoms with van der Waals surface area (Å²) in [5.74, 6) is -1.99. The standard InChI is InChI=1S/C27H43N3O6/c1-7-9-10-11-12-13-20(28-22(32)16-26(3,4)5)24(34)30-17-19(31)14-21(30)23(33)29-27(25(35)36-6)15-18(27)8-2/h7-8,18-21,31H,1-2,9-17H2,3-6H3,(H,28,32)(H,29,33)/t18-,19+,20+,21+,27-/m1/s1. The summed E-state index contributed by atoms with van der Waals surface area (Å²) in [6, 6.07) is -1.76. The first kappa shape index (κ1) is 29.5. The number of carbonyl (C=O) groups is 4. The average molecular weight is 506 g/mol. The highest BCUT2D eigenvalue weighted by atomic mass is 16.5. The van der Waals surface area contributed by atoms with Gasteiger partial charge in [-0.2, -0.15) is 0 Å². The van der Waals surface area contributed by atoms with Crippen molar-refractivity contribution in [2.75, 3.05) is 13.7 Å². The number of ether oxygens (including phenoxy) is 1. The number of unbranched alkanes of at least 4 members (excludes halogenated alkanes) is 3. The summed E-state index contributed by atoms with van der Waals surface area (Å²) in [6.45, 7) is 13.2. The van der Waals surface area contributed by atoms with Crippen molar-refractivity contribution < 1.29 is 29.0 Å². The van der Waals surface area contributed by atoms with Gasteiger partial charge in [0.1, 0.15) is 17.6 Å². The first-order valence-electron chi connectivity index (χ1n) is 12.8. The quantitative estimate of drug-likeness (QED) is 0.200. The van der Waals surface area contributed by atoms with Gasteiger partial charge in [-0.05, 0) is 31.1 Å². The summed E-state index contributed by atoms with van der Waals surface area (Å²) in [7, 11) is 1.25. The molecule has 1 saturated carbocycles. The van der Waals surface area contributed by atoms with Gasteiger partial charge in [-0.15, -0.1) is 13.2 Å². The molecule has 202 valence electrons. The van der Waals surface area contributed by atoms with Crippen LogP contribution in [0.15, 0.2) is 25.3 Å². The molecule has 9 nitrogen and oxygen atoms in total. The molecule has 0 aromatic rings. The van der Waals surface area contributed by atoms with E-state index in [-0.39, 0.29) is 36.6 Å². The Labute approximate surface area is 214 Å². The molecule has 0 spiro atoms. The molecule has 2 fully saturated rings. The molecule has 3 amide bonds. The highest BCUT2D eigenvalue weighted by Crippen LogP contribution is 2.45. The maximum absolute atomic E-state index is 13.6. The molecule has 9 heteroatoms. The predicted molar refractivity (Wildman–Crippen MR) is 137 cm³/mol. The number of aliphatic hydroxyl groups is 1. The highest BCUT2D eigenvalue weighted by Gasteiger charge is 2.61. The van der Waals surface area contributed by atoms with E-state index >= 15 is 0 Å². The van der Waals surface area contributed by atoms with Crippen LogP contribution in [0.1, 0.15) is 72.1 Å². The third-order valence-corrected chi connectivity index (χ3v) is 6.79. The maximum atomic E-state index is 13.6. The molecule has 5 atom stereocenters. The molecule has 36 heavy (non-hydrogen) atoms. The molecule has 0 aromatic heterocycles. The van der Waals surface area contributed by atoms with Crippen LogP contribution < -0.4 is 10.6 Å². The Morgan fingerprint density at radius 1 is 1.19 bits per heavy atom. The Kier molecular flexibility index (Phi) is 10.3. The van der Waals surface area contributed by atoms with Crippen LogP contribution in [-0.2, 0) is 23.9 Å². The Bertz CT molecular complexity index is 851. The first-order chi connectivity index (χ1) is 16.9. The van der Waals surface area contributed by atoms with E-state index in [0.717, 1.165) is 25.7 Å². The summed E-state index contributed by atoms with van der Waals surface area (Å²) >= 11 is 0. The minimum atomic E-state index is -1.19. The molecule has 0 bridgehead atoms. The van der Waals surface area contributed by atoms with E-state index in [1.807, 2.05) is 26.8 Å². The van der Waals surface area contributed by atoms with E-state index in [1.54, 1.807) is 6.08 Å². The molecule has 0 radical (unpaired) electrons. The number of likely N-dealkylation sites (tertiary alicyclic amines) is 1. The van der Waals surface area contributed by atoms with Crippen LogP contribution in [0.3, 0.4) is 0 Å². The topological polar surface area (TPSA) is 125 Å². The van der Waals surface area contributed by atoms with Gasteiger partial charge in [0, 0.05) is 25.3 Å². The predicted octanol–water partition coefficient (Wildman–Crippen LogP) is 2.24. The van der Waals surface area contributed by atoms with Crippen LogP contribution in [0.4, 0.5) is 0 Å². The summed E-state index contributed by atoms with van der Waals surface area (Å²) in [4.78, 5) is 53.3. The van der Waals surface area contributed by atoms with Crippen molar-refractivity contribution in [1.29, 1.82) is 0 Å². The molecular formula is C27H43N3O6. The molecule has 1 aliphatic heterocycles. The zero-order valence-electron chi connectivity index (χ0n) is 22.2. The van der Waals surface area contributed by atoms with Gasteiger partial charge in [0.2, 0.25) is 17.7 Å². The number of hydrogen-bond acceptors (Lipinski definition) is 6. The van der Waals surface area contributed by atoms with E-state index in [1.165, 1.54) is 12.0 Å². The third kappa shape index (κ3) is 7.66. The van der Waals surface area contributed by atoms with Crippen LogP contribution in [0.5, 0.6) is 0 Å². The lowest BCUT2D eigenvalue weighted by Crippen LogP contribution is -2.56. The van der Waals surface area contributed by atoms with E-state index in [4.69, 9.17) is 4.74 Å². The Balaban J connectivity index is 2.17. The highest BCUT2D eigenvalue weighted by molar-refractivity contribution is 5.96. The number of rotatable bonds is 13. The molecule has 0 aromatic carbocycles. The number of nitrogens with zero attached hydrogens (tertiary/aromatic N) is 1. The molecule has 1 aliphatic carbocycles. The number of esters is 1. The van der Waals surface area contributed by atoms with E-state index in [0.29, 0.717) is 12.8 Å². The van der Waals surface area contributed by atoms with Crippen LogP contribution in [-0.4, -0.2) is 71.1 Å². The van der Waals surface area contributed by atoms with Crippen molar-refractivity contribution in [1.82, 2.24) is 15.5 Å². The normalized spacial score (nSPS) is 26.0. The second-order valence-electron chi connectivity index (χ2n) is 11.2. The zero-order chi connectivity index (χ0) is 27.1. The van der Waals surface area contributed by atoms with Gasteiger partial charge in [-0.1, -0.05) is 45.8 Å². The molecular weight excluding hydrogens is 462 g/mol.